The van der Waals surface area contributed by atoms with Crippen LogP contribution in [0.5, 0.6) is 0 Å². The minimum Gasteiger partial charge on any atom is -0.396 e. The quantitative estimate of drug-likeness (QED) is 0.710. The normalized spacial score (nSPS) is 10.6. The van der Waals surface area contributed by atoms with Crippen LogP contribution < -0.4 is 11.5 Å². The lowest BCUT2D eigenvalue weighted by atomic mass is 10.2. The number of nitriles is 1. The van der Waals surface area contributed by atoms with Crippen LogP contribution in [0.4, 0.5) is 11.5 Å². The fraction of sp³-hybridized carbons (Fsp3) is 0.0769. The molecule has 0 aliphatic carbocycles. The summed E-state index contributed by atoms with van der Waals surface area (Å²) >= 11 is 0. The number of pyridine rings is 1. The summed E-state index contributed by atoms with van der Waals surface area (Å²) in [5.41, 5.74) is 13.9. The van der Waals surface area contributed by atoms with Crippen molar-refractivity contribution in [2.75, 3.05) is 11.5 Å². The first-order valence-electron chi connectivity index (χ1n) is 5.93. The molecular weight excluding hydrogens is 254 g/mol. The third-order valence-electron chi connectivity index (χ3n) is 3.00. The zero-order valence-electron chi connectivity index (χ0n) is 10.5. The third-order valence-corrected chi connectivity index (χ3v) is 3.00. The molecule has 4 N–H and O–H groups in total. The van der Waals surface area contributed by atoms with Crippen molar-refractivity contribution in [1.82, 2.24) is 20.0 Å². The highest BCUT2D eigenvalue weighted by Crippen LogP contribution is 2.25. The molecule has 0 unspecified atom stereocenters. The predicted octanol–water partition coefficient (Wildman–Crippen LogP) is 0.911. The Labute approximate surface area is 114 Å². The zero-order chi connectivity index (χ0) is 14.1. The zero-order valence-corrected chi connectivity index (χ0v) is 10.5. The van der Waals surface area contributed by atoms with Crippen molar-refractivity contribution < 1.29 is 0 Å². The van der Waals surface area contributed by atoms with E-state index in [0.29, 0.717) is 17.7 Å². The standard InChI is InChI=1S/C13H11N7/c14-6-9-10(15)11-13(17-12(9)16)20(19-18-11)7-8-4-2-1-3-5-8/h1-5H,7H2,(H4,15,16,17). The van der Waals surface area contributed by atoms with Crippen LogP contribution >= 0.6 is 0 Å². The summed E-state index contributed by atoms with van der Waals surface area (Å²) < 4.78 is 1.61. The summed E-state index contributed by atoms with van der Waals surface area (Å²) in [4.78, 5) is 4.18. The van der Waals surface area contributed by atoms with E-state index in [1.54, 1.807) is 4.68 Å². The third kappa shape index (κ3) is 1.80. The van der Waals surface area contributed by atoms with Gasteiger partial charge in [0.05, 0.1) is 12.2 Å². The summed E-state index contributed by atoms with van der Waals surface area (Å²) in [5, 5.41) is 17.0. The largest absolute Gasteiger partial charge is 0.396 e. The Balaban J connectivity index is 2.13. The second kappa shape index (κ2) is 4.51. The van der Waals surface area contributed by atoms with Gasteiger partial charge >= 0.3 is 0 Å². The monoisotopic (exact) mass is 265 g/mol. The molecule has 1 aromatic carbocycles. The van der Waals surface area contributed by atoms with Crippen LogP contribution in [0, 0.1) is 11.3 Å². The number of nitrogens with zero attached hydrogens (tertiary/aromatic N) is 5. The molecule has 3 aromatic rings. The van der Waals surface area contributed by atoms with E-state index in [4.69, 9.17) is 16.7 Å². The number of aromatic nitrogens is 4. The van der Waals surface area contributed by atoms with Crippen molar-refractivity contribution in [1.29, 1.82) is 5.26 Å². The average molecular weight is 265 g/mol. The van der Waals surface area contributed by atoms with E-state index in [2.05, 4.69) is 15.3 Å². The molecule has 7 heteroatoms. The second-order valence-corrected chi connectivity index (χ2v) is 4.30. The minimum absolute atomic E-state index is 0.0918. The molecule has 20 heavy (non-hydrogen) atoms. The number of nitrogen functional groups attached to an aromatic ring is 2. The summed E-state index contributed by atoms with van der Waals surface area (Å²) in [6, 6.07) is 11.7. The van der Waals surface area contributed by atoms with Gasteiger partial charge in [-0.25, -0.2) is 9.67 Å². The topological polar surface area (TPSA) is 119 Å². The summed E-state index contributed by atoms with van der Waals surface area (Å²) in [6.45, 7) is 0.509. The number of hydrogen-bond acceptors (Lipinski definition) is 6. The van der Waals surface area contributed by atoms with E-state index < -0.39 is 0 Å². The molecule has 3 rings (SSSR count). The van der Waals surface area contributed by atoms with Gasteiger partial charge in [0, 0.05) is 0 Å². The van der Waals surface area contributed by atoms with Crippen LogP contribution in [-0.2, 0) is 6.54 Å². The van der Waals surface area contributed by atoms with Crippen LogP contribution in [0.25, 0.3) is 11.2 Å². The maximum atomic E-state index is 9.00. The summed E-state index contributed by atoms with van der Waals surface area (Å²) in [6.07, 6.45) is 0. The fourth-order valence-electron chi connectivity index (χ4n) is 2.00. The molecule has 2 aromatic heterocycles. The molecule has 2 heterocycles. The molecule has 7 nitrogen and oxygen atoms in total. The van der Waals surface area contributed by atoms with Crippen molar-refractivity contribution in [3.05, 3.63) is 41.5 Å². The van der Waals surface area contributed by atoms with E-state index in [1.165, 1.54) is 0 Å². The molecule has 0 aliphatic rings. The number of hydrogen-bond donors (Lipinski definition) is 2. The van der Waals surface area contributed by atoms with Crippen molar-refractivity contribution in [3.63, 3.8) is 0 Å². The van der Waals surface area contributed by atoms with Gasteiger partial charge in [0.2, 0.25) is 0 Å². The molecular formula is C13H11N7. The molecule has 0 atom stereocenters. The van der Waals surface area contributed by atoms with Gasteiger partial charge in [-0.3, -0.25) is 0 Å². The molecule has 0 fully saturated rings. The van der Waals surface area contributed by atoms with E-state index >= 15 is 0 Å². The number of benzene rings is 1. The van der Waals surface area contributed by atoms with Crippen LogP contribution in [-0.4, -0.2) is 20.0 Å². The highest BCUT2D eigenvalue weighted by atomic mass is 15.4. The number of rotatable bonds is 2. The fourth-order valence-corrected chi connectivity index (χ4v) is 2.00. The maximum Gasteiger partial charge on any atom is 0.183 e. The first kappa shape index (κ1) is 11.9. The lowest BCUT2D eigenvalue weighted by Gasteiger charge is -2.04. The molecule has 0 aliphatic heterocycles. The SMILES string of the molecule is N#Cc1c(N)nc2c(nnn2Cc2ccccc2)c1N. The van der Waals surface area contributed by atoms with Crippen LogP contribution in [0.1, 0.15) is 11.1 Å². The van der Waals surface area contributed by atoms with Crippen LogP contribution in [0.2, 0.25) is 0 Å². The first-order valence-corrected chi connectivity index (χ1v) is 5.93. The Kier molecular flexibility index (Phi) is 2.69. The Bertz CT molecular complexity index is 814. The molecule has 0 saturated carbocycles. The van der Waals surface area contributed by atoms with E-state index in [0.717, 1.165) is 5.56 Å². The van der Waals surface area contributed by atoms with E-state index in [9.17, 15) is 0 Å². The van der Waals surface area contributed by atoms with Gasteiger partial charge in [0.1, 0.15) is 17.5 Å². The Hall–Kier alpha value is -3.14. The second-order valence-electron chi connectivity index (χ2n) is 4.30. The van der Waals surface area contributed by atoms with Crippen molar-refractivity contribution >= 4 is 22.7 Å². The number of nitrogens with two attached hydrogens (primary N) is 2. The van der Waals surface area contributed by atoms with Gasteiger partial charge in [0.15, 0.2) is 11.2 Å². The van der Waals surface area contributed by atoms with Gasteiger partial charge in [0.25, 0.3) is 0 Å². The Morgan fingerprint density at radius 3 is 2.65 bits per heavy atom. The lowest BCUT2D eigenvalue weighted by Crippen LogP contribution is -2.06. The number of anilines is 2. The highest BCUT2D eigenvalue weighted by Gasteiger charge is 2.16. The van der Waals surface area contributed by atoms with E-state index in [1.807, 2.05) is 36.4 Å². The summed E-state index contributed by atoms with van der Waals surface area (Å²) in [7, 11) is 0. The van der Waals surface area contributed by atoms with Crippen LogP contribution in [0.15, 0.2) is 30.3 Å². The van der Waals surface area contributed by atoms with Crippen molar-refractivity contribution in [2.24, 2.45) is 0 Å². The molecule has 0 amide bonds. The minimum atomic E-state index is 0.0918. The lowest BCUT2D eigenvalue weighted by molar-refractivity contribution is 0.664. The first-order chi connectivity index (χ1) is 9.70. The van der Waals surface area contributed by atoms with E-state index in [-0.39, 0.29) is 17.1 Å². The molecule has 0 spiro atoms. The van der Waals surface area contributed by atoms with Crippen molar-refractivity contribution in [2.45, 2.75) is 6.54 Å². The Morgan fingerprint density at radius 1 is 1.20 bits per heavy atom. The molecule has 0 saturated heterocycles. The van der Waals surface area contributed by atoms with Gasteiger partial charge in [-0.2, -0.15) is 5.26 Å². The Morgan fingerprint density at radius 2 is 1.95 bits per heavy atom. The molecule has 98 valence electrons. The van der Waals surface area contributed by atoms with Crippen LogP contribution in [0.3, 0.4) is 0 Å². The predicted molar refractivity (Wildman–Crippen MR) is 74.4 cm³/mol. The summed E-state index contributed by atoms with van der Waals surface area (Å²) in [5.74, 6) is 0.0918. The van der Waals surface area contributed by atoms with Gasteiger partial charge in [-0.05, 0) is 5.56 Å². The highest BCUT2D eigenvalue weighted by molar-refractivity contribution is 5.90. The number of fused-ring (bicyclic) bond motifs is 1. The maximum absolute atomic E-state index is 9.00. The van der Waals surface area contributed by atoms with Gasteiger partial charge in [-0.1, -0.05) is 35.5 Å². The molecule has 0 radical (unpaired) electrons. The van der Waals surface area contributed by atoms with Gasteiger partial charge in [-0.15, -0.1) is 5.10 Å². The average Bonchev–Trinajstić information content (AvgIpc) is 2.84. The van der Waals surface area contributed by atoms with Crippen molar-refractivity contribution in [3.8, 4) is 6.07 Å². The molecule has 0 bridgehead atoms. The smallest absolute Gasteiger partial charge is 0.183 e. The van der Waals surface area contributed by atoms with Gasteiger partial charge < -0.3 is 11.5 Å².